The predicted molar refractivity (Wildman–Crippen MR) is 57.1 cm³/mol. The van der Waals surface area contributed by atoms with Crippen molar-refractivity contribution in [2.75, 3.05) is 5.32 Å². The first kappa shape index (κ1) is 9.08. The van der Waals surface area contributed by atoms with Crippen LogP contribution in [0.5, 0.6) is 0 Å². The van der Waals surface area contributed by atoms with E-state index in [-0.39, 0.29) is 0 Å². The molecule has 2 rings (SSSR count). The number of nitrogens with one attached hydrogen (secondary N) is 1. The number of nitriles is 1. The standard InChI is InChI=1S/C12H14N2/c1-8-4-3-5-10(7-13)12(8)14-11-6-9(11)2/h3-5,9,11,14H,6H2,1-2H3. The van der Waals surface area contributed by atoms with E-state index in [4.69, 9.17) is 5.26 Å². The van der Waals surface area contributed by atoms with Crippen molar-refractivity contribution in [2.45, 2.75) is 26.3 Å². The van der Waals surface area contributed by atoms with E-state index in [1.165, 1.54) is 6.42 Å². The quantitative estimate of drug-likeness (QED) is 0.770. The summed E-state index contributed by atoms with van der Waals surface area (Å²) in [5.74, 6) is 0.751. The Morgan fingerprint density at radius 3 is 2.79 bits per heavy atom. The molecule has 14 heavy (non-hydrogen) atoms. The Bertz CT molecular complexity index is 390. The van der Waals surface area contributed by atoms with Crippen LogP contribution in [0, 0.1) is 24.2 Å². The summed E-state index contributed by atoms with van der Waals surface area (Å²) in [6.45, 7) is 4.26. The fraction of sp³-hybridized carbons (Fsp3) is 0.417. The van der Waals surface area contributed by atoms with E-state index in [1.807, 2.05) is 25.1 Å². The first-order valence-electron chi connectivity index (χ1n) is 4.98. The maximum Gasteiger partial charge on any atom is 0.101 e. The topological polar surface area (TPSA) is 35.8 Å². The van der Waals surface area contributed by atoms with Gasteiger partial charge in [-0.15, -0.1) is 0 Å². The van der Waals surface area contributed by atoms with E-state index < -0.39 is 0 Å². The van der Waals surface area contributed by atoms with Crippen LogP contribution in [0.25, 0.3) is 0 Å². The lowest BCUT2D eigenvalue weighted by Gasteiger charge is -2.10. The predicted octanol–water partition coefficient (Wildman–Crippen LogP) is 2.69. The van der Waals surface area contributed by atoms with E-state index in [9.17, 15) is 0 Å². The lowest BCUT2D eigenvalue weighted by atomic mass is 10.1. The van der Waals surface area contributed by atoms with Gasteiger partial charge in [-0.3, -0.25) is 0 Å². The number of para-hydroxylation sites is 1. The average Bonchev–Trinajstić information content (AvgIpc) is 2.85. The Morgan fingerprint density at radius 1 is 1.50 bits per heavy atom. The highest BCUT2D eigenvalue weighted by molar-refractivity contribution is 5.63. The average molecular weight is 186 g/mol. The van der Waals surface area contributed by atoms with Crippen LogP contribution >= 0.6 is 0 Å². The number of nitrogens with zero attached hydrogens (tertiary/aromatic N) is 1. The van der Waals surface area contributed by atoms with Crippen LogP contribution < -0.4 is 5.32 Å². The van der Waals surface area contributed by atoms with Gasteiger partial charge in [0.05, 0.1) is 11.3 Å². The molecule has 0 saturated heterocycles. The monoisotopic (exact) mass is 186 g/mol. The van der Waals surface area contributed by atoms with Crippen molar-refractivity contribution in [1.29, 1.82) is 5.26 Å². The Hall–Kier alpha value is -1.49. The molecule has 72 valence electrons. The Kier molecular flexibility index (Phi) is 2.17. The zero-order valence-electron chi connectivity index (χ0n) is 8.54. The minimum atomic E-state index is 0.572. The summed E-state index contributed by atoms with van der Waals surface area (Å²) >= 11 is 0. The van der Waals surface area contributed by atoms with Gasteiger partial charge in [0, 0.05) is 6.04 Å². The van der Waals surface area contributed by atoms with Crippen molar-refractivity contribution in [3.63, 3.8) is 0 Å². The SMILES string of the molecule is Cc1cccc(C#N)c1NC1CC1C. The smallest absolute Gasteiger partial charge is 0.101 e. The second-order valence-electron chi connectivity index (χ2n) is 4.07. The highest BCUT2D eigenvalue weighted by atomic mass is 15.0. The summed E-state index contributed by atoms with van der Waals surface area (Å²) in [7, 11) is 0. The molecule has 1 aromatic carbocycles. The lowest BCUT2D eigenvalue weighted by molar-refractivity contribution is 0.927. The maximum absolute atomic E-state index is 8.95. The van der Waals surface area contributed by atoms with Gasteiger partial charge >= 0.3 is 0 Å². The second-order valence-corrected chi connectivity index (χ2v) is 4.07. The van der Waals surface area contributed by atoms with Crippen LogP contribution in [-0.4, -0.2) is 6.04 Å². The zero-order valence-corrected chi connectivity index (χ0v) is 8.54. The van der Waals surface area contributed by atoms with E-state index in [0.29, 0.717) is 6.04 Å². The molecule has 2 unspecified atom stereocenters. The van der Waals surface area contributed by atoms with Crippen LogP contribution in [-0.2, 0) is 0 Å². The Balaban J connectivity index is 2.26. The van der Waals surface area contributed by atoms with Gasteiger partial charge in [0.15, 0.2) is 0 Å². The van der Waals surface area contributed by atoms with Crippen LogP contribution in [0.15, 0.2) is 18.2 Å². The third kappa shape index (κ3) is 1.58. The molecule has 1 N–H and O–H groups in total. The van der Waals surface area contributed by atoms with E-state index >= 15 is 0 Å². The largest absolute Gasteiger partial charge is 0.381 e. The highest BCUT2D eigenvalue weighted by Crippen LogP contribution is 2.34. The van der Waals surface area contributed by atoms with Crippen molar-refractivity contribution in [3.8, 4) is 6.07 Å². The normalized spacial score (nSPS) is 24.1. The number of aryl methyl sites for hydroxylation is 1. The molecule has 1 aromatic rings. The molecule has 1 saturated carbocycles. The summed E-state index contributed by atoms with van der Waals surface area (Å²) in [6.07, 6.45) is 1.22. The van der Waals surface area contributed by atoms with Crippen LogP contribution in [0.1, 0.15) is 24.5 Å². The zero-order chi connectivity index (χ0) is 10.1. The van der Waals surface area contributed by atoms with Crippen LogP contribution in [0.4, 0.5) is 5.69 Å². The van der Waals surface area contributed by atoms with E-state index in [2.05, 4.69) is 18.3 Å². The van der Waals surface area contributed by atoms with Crippen molar-refractivity contribution in [3.05, 3.63) is 29.3 Å². The minimum Gasteiger partial charge on any atom is -0.381 e. The van der Waals surface area contributed by atoms with Crippen LogP contribution in [0.2, 0.25) is 0 Å². The van der Waals surface area contributed by atoms with Gasteiger partial charge in [-0.05, 0) is 30.9 Å². The highest BCUT2D eigenvalue weighted by Gasteiger charge is 2.33. The molecule has 1 fully saturated rings. The molecule has 2 nitrogen and oxygen atoms in total. The molecular formula is C12H14N2. The van der Waals surface area contributed by atoms with E-state index in [0.717, 1.165) is 22.7 Å². The van der Waals surface area contributed by atoms with Gasteiger partial charge in [0.2, 0.25) is 0 Å². The maximum atomic E-state index is 8.95. The number of hydrogen-bond donors (Lipinski definition) is 1. The van der Waals surface area contributed by atoms with Gasteiger partial charge in [-0.25, -0.2) is 0 Å². The molecule has 0 aromatic heterocycles. The molecule has 1 aliphatic carbocycles. The molecule has 1 aliphatic rings. The van der Waals surface area contributed by atoms with Crippen molar-refractivity contribution in [2.24, 2.45) is 5.92 Å². The fourth-order valence-corrected chi connectivity index (χ4v) is 1.66. The number of hydrogen-bond acceptors (Lipinski definition) is 2. The summed E-state index contributed by atoms with van der Waals surface area (Å²) in [6, 6.07) is 8.62. The fourth-order valence-electron chi connectivity index (χ4n) is 1.66. The van der Waals surface area contributed by atoms with Crippen molar-refractivity contribution >= 4 is 5.69 Å². The van der Waals surface area contributed by atoms with Gasteiger partial charge in [-0.2, -0.15) is 5.26 Å². The van der Waals surface area contributed by atoms with Crippen LogP contribution in [0.3, 0.4) is 0 Å². The molecule has 0 aliphatic heterocycles. The number of benzene rings is 1. The molecule has 2 heteroatoms. The second kappa shape index (κ2) is 3.34. The summed E-state index contributed by atoms with van der Waals surface area (Å²) in [5.41, 5.74) is 2.93. The molecule has 0 bridgehead atoms. The van der Waals surface area contributed by atoms with Crippen molar-refractivity contribution in [1.82, 2.24) is 0 Å². The summed E-state index contributed by atoms with van der Waals surface area (Å²) in [4.78, 5) is 0. The third-order valence-corrected chi connectivity index (χ3v) is 2.83. The first-order valence-corrected chi connectivity index (χ1v) is 4.98. The number of anilines is 1. The summed E-state index contributed by atoms with van der Waals surface area (Å²) < 4.78 is 0. The van der Waals surface area contributed by atoms with Gasteiger partial charge < -0.3 is 5.32 Å². The third-order valence-electron chi connectivity index (χ3n) is 2.83. The Morgan fingerprint density at radius 2 is 2.21 bits per heavy atom. The molecule has 0 spiro atoms. The van der Waals surface area contributed by atoms with E-state index in [1.54, 1.807) is 0 Å². The molecule has 0 heterocycles. The molecule has 0 radical (unpaired) electrons. The molecule has 0 amide bonds. The van der Waals surface area contributed by atoms with Gasteiger partial charge in [0.25, 0.3) is 0 Å². The Labute approximate surface area is 84.6 Å². The molecular weight excluding hydrogens is 172 g/mol. The molecule has 2 atom stereocenters. The van der Waals surface area contributed by atoms with Gasteiger partial charge in [0.1, 0.15) is 6.07 Å². The van der Waals surface area contributed by atoms with Gasteiger partial charge in [-0.1, -0.05) is 19.1 Å². The first-order chi connectivity index (χ1) is 6.72. The summed E-state index contributed by atoms with van der Waals surface area (Å²) in [5, 5.41) is 12.4. The van der Waals surface area contributed by atoms with Crippen molar-refractivity contribution < 1.29 is 0 Å². The lowest BCUT2D eigenvalue weighted by Crippen LogP contribution is -2.06. The minimum absolute atomic E-state index is 0.572. The number of rotatable bonds is 2.